The van der Waals surface area contributed by atoms with Crippen molar-refractivity contribution in [1.29, 1.82) is 0 Å². The Morgan fingerprint density at radius 1 is 0.926 bits per heavy atom. The lowest BCUT2D eigenvalue weighted by Gasteiger charge is -2.11. The number of pyridine rings is 1. The van der Waals surface area contributed by atoms with Crippen LogP contribution in [0.15, 0.2) is 66.7 Å². The molecule has 27 heavy (non-hydrogen) atoms. The molecule has 0 spiro atoms. The zero-order valence-electron chi connectivity index (χ0n) is 15.1. The number of para-hydroxylation sites is 2. The lowest BCUT2D eigenvalue weighted by molar-refractivity contribution is 0.262. The maximum Gasteiger partial charge on any atom is 0.324 e. The first-order chi connectivity index (χ1) is 13.1. The summed E-state index contributed by atoms with van der Waals surface area (Å²) in [6.07, 6.45) is 0. The van der Waals surface area contributed by atoms with E-state index in [0.29, 0.717) is 11.6 Å². The first kappa shape index (κ1) is 16.8. The number of aromatic nitrogens is 3. The molecule has 2 amide bonds. The van der Waals surface area contributed by atoms with Crippen LogP contribution in [0, 0.1) is 13.8 Å². The van der Waals surface area contributed by atoms with Crippen molar-refractivity contribution in [1.82, 2.24) is 14.8 Å². The van der Waals surface area contributed by atoms with E-state index in [9.17, 15) is 4.79 Å². The Kier molecular flexibility index (Phi) is 4.30. The molecule has 0 saturated heterocycles. The van der Waals surface area contributed by atoms with Gasteiger partial charge in [0.05, 0.1) is 11.2 Å². The number of benzene rings is 2. The average molecular weight is 357 g/mol. The van der Waals surface area contributed by atoms with Gasteiger partial charge in [0.25, 0.3) is 0 Å². The average Bonchev–Trinajstić information content (AvgIpc) is 3.02. The Morgan fingerprint density at radius 2 is 1.67 bits per heavy atom. The van der Waals surface area contributed by atoms with Crippen LogP contribution in [0.5, 0.6) is 0 Å². The maximum absolute atomic E-state index is 12.4. The number of carbonyl (C=O) groups is 1. The number of fused-ring (bicyclic) bond motifs is 1. The van der Waals surface area contributed by atoms with Crippen molar-refractivity contribution in [2.75, 3.05) is 10.6 Å². The second-order valence-electron chi connectivity index (χ2n) is 6.34. The summed E-state index contributed by atoms with van der Waals surface area (Å²) in [6, 6.07) is 20.7. The second-order valence-corrected chi connectivity index (χ2v) is 6.34. The van der Waals surface area contributed by atoms with Crippen molar-refractivity contribution in [2.45, 2.75) is 13.8 Å². The third kappa shape index (κ3) is 3.50. The molecule has 2 N–H and O–H groups in total. The van der Waals surface area contributed by atoms with E-state index >= 15 is 0 Å². The molecule has 6 heteroatoms. The van der Waals surface area contributed by atoms with Crippen molar-refractivity contribution in [3.05, 3.63) is 78.0 Å². The van der Waals surface area contributed by atoms with Crippen LogP contribution in [-0.2, 0) is 0 Å². The minimum Gasteiger partial charge on any atom is -0.308 e. The monoisotopic (exact) mass is 357 g/mol. The van der Waals surface area contributed by atoms with Crippen LogP contribution in [0.2, 0.25) is 0 Å². The van der Waals surface area contributed by atoms with Crippen LogP contribution in [0.25, 0.3) is 16.7 Å². The van der Waals surface area contributed by atoms with E-state index in [1.807, 2.05) is 80.6 Å². The summed E-state index contributed by atoms with van der Waals surface area (Å²) in [4.78, 5) is 17.1. The summed E-state index contributed by atoms with van der Waals surface area (Å²) in [7, 11) is 0. The Hall–Kier alpha value is -3.67. The fraction of sp³-hybridized carbons (Fsp3) is 0.0952. The Balaban J connectivity index is 1.66. The number of nitrogens with zero attached hydrogens (tertiary/aromatic N) is 3. The molecule has 0 atom stereocenters. The summed E-state index contributed by atoms with van der Waals surface area (Å²) in [6.45, 7) is 3.92. The number of hydrogen-bond donors (Lipinski definition) is 2. The Bertz CT molecular complexity index is 1120. The number of amides is 2. The second kappa shape index (κ2) is 6.92. The normalized spacial score (nSPS) is 10.7. The van der Waals surface area contributed by atoms with Crippen LogP contribution in [-0.4, -0.2) is 20.8 Å². The van der Waals surface area contributed by atoms with E-state index in [-0.39, 0.29) is 6.03 Å². The van der Waals surface area contributed by atoms with Crippen LogP contribution >= 0.6 is 0 Å². The molecule has 0 aliphatic carbocycles. The summed E-state index contributed by atoms with van der Waals surface area (Å²) < 4.78 is 1.65. The summed E-state index contributed by atoms with van der Waals surface area (Å²) >= 11 is 0. The molecule has 0 fully saturated rings. The van der Waals surface area contributed by atoms with Crippen LogP contribution in [0.1, 0.15) is 11.3 Å². The quantitative estimate of drug-likeness (QED) is 0.559. The highest BCUT2D eigenvalue weighted by Gasteiger charge is 2.13. The van der Waals surface area contributed by atoms with Gasteiger partial charge in [-0.05, 0) is 43.7 Å². The van der Waals surface area contributed by atoms with Crippen molar-refractivity contribution < 1.29 is 4.79 Å². The van der Waals surface area contributed by atoms with Gasteiger partial charge in [-0.15, -0.1) is 0 Å². The highest BCUT2D eigenvalue weighted by atomic mass is 16.2. The third-order valence-corrected chi connectivity index (χ3v) is 4.23. The molecule has 4 rings (SSSR count). The third-order valence-electron chi connectivity index (χ3n) is 4.23. The zero-order valence-corrected chi connectivity index (χ0v) is 15.1. The van der Waals surface area contributed by atoms with E-state index in [1.54, 1.807) is 4.68 Å². The minimum absolute atomic E-state index is 0.333. The predicted molar refractivity (Wildman–Crippen MR) is 107 cm³/mol. The molecule has 0 aliphatic heterocycles. The number of anilines is 2. The van der Waals surface area contributed by atoms with Crippen molar-refractivity contribution in [3.8, 4) is 5.82 Å². The molecule has 2 aromatic heterocycles. The van der Waals surface area contributed by atoms with Gasteiger partial charge in [0.15, 0.2) is 5.82 Å². The molecule has 0 bridgehead atoms. The smallest absolute Gasteiger partial charge is 0.308 e. The number of carbonyl (C=O) groups excluding carboxylic acids is 1. The van der Waals surface area contributed by atoms with E-state index < -0.39 is 0 Å². The molecule has 2 heterocycles. The Labute approximate surface area is 156 Å². The first-order valence-corrected chi connectivity index (χ1v) is 8.66. The molecular weight excluding hydrogens is 338 g/mol. The van der Waals surface area contributed by atoms with Gasteiger partial charge in [-0.1, -0.05) is 36.4 Å². The number of nitrogens with one attached hydrogen (secondary N) is 2. The fourth-order valence-corrected chi connectivity index (χ4v) is 3.00. The van der Waals surface area contributed by atoms with Crippen LogP contribution in [0.3, 0.4) is 0 Å². The van der Waals surface area contributed by atoms with E-state index in [2.05, 4.69) is 15.7 Å². The molecule has 4 aromatic rings. The van der Waals surface area contributed by atoms with E-state index in [0.717, 1.165) is 27.8 Å². The number of hydrogen-bond acceptors (Lipinski definition) is 3. The van der Waals surface area contributed by atoms with Gasteiger partial charge in [-0.3, -0.25) is 5.32 Å². The van der Waals surface area contributed by atoms with Gasteiger partial charge < -0.3 is 5.32 Å². The maximum atomic E-state index is 12.4. The lowest BCUT2D eigenvalue weighted by Crippen LogP contribution is -2.21. The number of aryl methyl sites for hydroxylation is 2. The standard InChI is InChI=1S/C21H19N5O/c1-14-12-19(23-18-11-7-6-10-17(14)18)26-20(13-15(2)25-26)24-21(27)22-16-8-4-3-5-9-16/h3-13H,1-2H3,(H2,22,24,27). The molecule has 2 aromatic carbocycles. The van der Waals surface area contributed by atoms with Crippen molar-refractivity contribution >= 4 is 28.4 Å². The van der Waals surface area contributed by atoms with Gasteiger partial charge in [-0.2, -0.15) is 9.78 Å². The topological polar surface area (TPSA) is 71.8 Å². The highest BCUT2D eigenvalue weighted by molar-refractivity contribution is 5.99. The summed E-state index contributed by atoms with van der Waals surface area (Å²) in [5.74, 6) is 1.22. The lowest BCUT2D eigenvalue weighted by atomic mass is 10.1. The molecule has 0 radical (unpaired) electrons. The van der Waals surface area contributed by atoms with Gasteiger partial charge in [0.1, 0.15) is 5.82 Å². The fourth-order valence-electron chi connectivity index (χ4n) is 3.00. The van der Waals surface area contributed by atoms with Crippen LogP contribution in [0.4, 0.5) is 16.3 Å². The predicted octanol–water partition coefficient (Wildman–Crippen LogP) is 4.68. The highest BCUT2D eigenvalue weighted by Crippen LogP contribution is 2.22. The molecule has 0 unspecified atom stereocenters. The summed E-state index contributed by atoms with van der Waals surface area (Å²) in [5.41, 5.74) is 3.50. The molecule has 6 nitrogen and oxygen atoms in total. The van der Waals surface area contributed by atoms with Crippen molar-refractivity contribution in [2.24, 2.45) is 0 Å². The van der Waals surface area contributed by atoms with Gasteiger partial charge >= 0.3 is 6.03 Å². The molecule has 134 valence electrons. The zero-order chi connectivity index (χ0) is 18.8. The first-order valence-electron chi connectivity index (χ1n) is 8.66. The Morgan fingerprint density at radius 3 is 2.48 bits per heavy atom. The molecular formula is C21H19N5O. The van der Waals surface area contributed by atoms with Gasteiger partial charge in [0.2, 0.25) is 0 Å². The minimum atomic E-state index is -0.333. The summed E-state index contributed by atoms with van der Waals surface area (Å²) in [5, 5.41) is 11.3. The number of urea groups is 1. The largest absolute Gasteiger partial charge is 0.324 e. The van der Waals surface area contributed by atoms with E-state index in [1.165, 1.54) is 0 Å². The molecule has 0 aliphatic rings. The van der Waals surface area contributed by atoms with Gasteiger partial charge in [-0.25, -0.2) is 9.78 Å². The van der Waals surface area contributed by atoms with E-state index in [4.69, 9.17) is 4.98 Å². The molecule has 0 saturated carbocycles. The number of rotatable bonds is 3. The van der Waals surface area contributed by atoms with Gasteiger partial charge in [0, 0.05) is 17.1 Å². The van der Waals surface area contributed by atoms with Crippen molar-refractivity contribution in [3.63, 3.8) is 0 Å². The SMILES string of the molecule is Cc1cc(NC(=O)Nc2ccccc2)n(-c2cc(C)c3ccccc3n2)n1. The van der Waals surface area contributed by atoms with Crippen LogP contribution < -0.4 is 10.6 Å².